The van der Waals surface area contributed by atoms with Crippen LogP contribution >= 0.6 is 11.6 Å². The van der Waals surface area contributed by atoms with E-state index in [1.165, 1.54) is 4.57 Å². The molecule has 0 amide bonds. The van der Waals surface area contributed by atoms with E-state index in [2.05, 4.69) is 0 Å². The van der Waals surface area contributed by atoms with Crippen LogP contribution in [0, 0.1) is 0 Å². The Labute approximate surface area is 114 Å². The molecule has 0 saturated heterocycles. The van der Waals surface area contributed by atoms with Gasteiger partial charge in [0.05, 0.1) is 10.4 Å². The topological polar surface area (TPSA) is 48.0 Å². The van der Waals surface area contributed by atoms with Crippen LogP contribution in [0.2, 0.25) is 5.02 Å². The monoisotopic (exact) mass is 270 g/mol. The minimum Gasteiger partial charge on any atom is -0.398 e. The highest BCUT2D eigenvalue weighted by atomic mass is 35.5. The number of fused-ring (bicyclic) bond motifs is 1. The Morgan fingerprint density at radius 1 is 1.00 bits per heavy atom. The number of nitrogens with two attached hydrogens (primary N) is 1. The molecule has 3 rings (SSSR count). The number of benzene rings is 2. The Hall–Kier alpha value is -2.26. The zero-order valence-corrected chi connectivity index (χ0v) is 10.8. The summed E-state index contributed by atoms with van der Waals surface area (Å²) in [7, 11) is 0. The van der Waals surface area contributed by atoms with E-state index in [1.807, 2.05) is 30.3 Å². The van der Waals surface area contributed by atoms with Crippen LogP contribution in [0.4, 0.5) is 5.69 Å². The van der Waals surface area contributed by atoms with Crippen molar-refractivity contribution in [2.24, 2.45) is 0 Å². The van der Waals surface area contributed by atoms with E-state index >= 15 is 0 Å². The second-order valence-electron chi connectivity index (χ2n) is 4.26. The van der Waals surface area contributed by atoms with E-state index in [1.54, 1.807) is 24.4 Å². The smallest absolute Gasteiger partial charge is 0.265 e. The molecule has 4 heteroatoms. The molecular formula is C15H11ClN2O. The highest BCUT2D eigenvalue weighted by molar-refractivity contribution is 6.35. The summed E-state index contributed by atoms with van der Waals surface area (Å²) in [6.45, 7) is 0. The van der Waals surface area contributed by atoms with Gasteiger partial charge >= 0.3 is 0 Å². The van der Waals surface area contributed by atoms with Gasteiger partial charge in [-0.2, -0.15) is 0 Å². The van der Waals surface area contributed by atoms with Gasteiger partial charge in [0.25, 0.3) is 5.56 Å². The van der Waals surface area contributed by atoms with Crippen LogP contribution in [0.1, 0.15) is 0 Å². The molecule has 0 aliphatic rings. The van der Waals surface area contributed by atoms with E-state index in [-0.39, 0.29) is 5.56 Å². The van der Waals surface area contributed by atoms with Crippen LogP contribution in [-0.2, 0) is 0 Å². The Kier molecular flexibility index (Phi) is 2.76. The Balaban J connectivity index is 2.44. The first-order chi connectivity index (χ1) is 9.18. The minimum atomic E-state index is -0.163. The van der Waals surface area contributed by atoms with E-state index in [9.17, 15) is 4.79 Å². The summed E-state index contributed by atoms with van der Waals surface area (Å²) in [5.41, 5.74) is 6.94. The number of para-hydroxylation sites is 1. The van der Waals surface area contributed by atoms with Crippen LogP contribution < -0.4 is 11.3 Å². The van der Waals surface area contributed by atoms with Gasteiger partial charge in [-0.1, -0.05) is 41.9 Å². The van der Waals surface area contributed by atoms with Crippen molar-refractivity contribution in [1.29, 1.82) is 0 Å². The first-order valence-electron chi connectivity index (χ1n) is 5.83. The Bertz CT molecular complexity index is 809. The molecule has 19 heavy (non-hydrogen) atoms. The molecule has 0 aliphatic carbocycles. The molecule has 94 valence electrons. The maximum absolute atomic E-state index is 12.5. The molecule has 0 radical (unpaired) electrons. The van der Waals surface area contributed by atoms with Crippen molar-refractivity contribution >= 4 is 28.1 Å². The third kappa shape index (κ3) is 1.88. The van der Waals surface area contributed by atoms with Gasteiger partial charge in [0.1, 0.15) is 0 Å². The first kappa shape index (κ1) is 11.8. The number of halogens is 1. The predicted molar refractivity (Wildman–Crippen MR) is 79.0 cm³/mol. The molecular weight excluding hydrogens is 260 g/mol. The maximum atomic E-state index is 12.5. The van der Waals surface area contributed by atoms with Crippen LogP contribution in [0.5, 0.6) is 0 Å². The number of rotatable bonds is 1. The van der Waals surface area contributed by atoms with E-state index in [0.29, 0.717) is 21.5 Å². The van der Waals surface area contributed by atoms with Gasteiger partial charge in [0.2, 0.25) is 0 Å². The van der Waals surface area contributed by atoms with Crippen LogP contribution in [0.15, 0.2) is 59.5 Å². The minimum absolute atomic E-state index is 0.163. The van der Waals surface area contributed by atoms with Gasteiger partial charge in [0, 0.05) is 23.0 Å². The molecule has 0 aliphatic heterocycles. The lowest BCUT2D eigenvalue weighted by Crippen LogP contribution is -2.19. The van der Waals surface area contributed by atoms with Crippen molar-refractivity contribution in [2.45, 2.75) is 0 Å². The quantitative estimate of drug-likeness (QED) is 0.690. The number of aromatic nitrogens is 1. The third-order valence-electron chi connectivity index (χ3n) is 3.06. The molecule has 2 N–H and O–H groups in total. The molecule has 3 aromatic rings. The maximum Gasteiger partial charge on any atom is 0.265 e. The van der Waals surface area contributed by atoms with Gasteiger partial charge in [-0.3, -0.25) is 9.36 Å². The van der Waals surface area contributed by atoms with Gasteiger partial charge in [-0.25, -0.2) is 0 Å². The number of hydrogen-bond acceptors (Lipinski definition) is 2. The number of nitrogens with zero attached hydrogens (tertiary/aromatic N) is 1. The molecule has 0 atom stereocenters. The normalized spacial score (nSPS) is 10.8. The highest BCUT2D eigenvalue weighted by Crippen LogP contribution is 2.25. The molecule has 1 aromatic heterocycles. The molecule has 0 unspecified atom stereocenters. The number of hydrogen-bond donors (Lipinski definition) is 1. The fraction of sp³-hybridized carbons (Fsp3) is 0. The molecule has 0 spiro atoms. The summed E-state index contributed by atoms with van der Waals surface area (Å²) in [4.78, 5) is 12.5. The lowest BCUT2D eigenvalue weighted by Gasteiger charge is -2.10. The van der Waals surface area contributed by atoms with Gasteiger partial charge in [-0.15, -0.1) is 0 Å². The summed E-state index contributed by atoms with van der Waals surface area (Å²) in [5, 5.41) is 1.64. The fourth-order valence-corrected chi connectivity index (χ4v) is 2.41. The number of anilines is 1. The summed E-state index contributed by atoms with van der Waals surface area (Å²) in [6.07, 6.45) is 1.63. The van der Waals surface area contributed by atoms with Gasteiger partial charge in [-0.05, 0) is 18.2 Å². The zero-order chi connectivity index (χ0) is 13.4. The predicted octanol–water partition coefficient (Wildman–Crippen LogP) is 3.23. The summed E-state index contributed by atoms with van der Waals surface area (Å²) < 4.78 is 1.51. The Morgan fingerprint density at radius 3 is 2.47 bits per heavy atom. The van der Waals surface area contributed by atoms with Gasteiger partial charge < -0.3 is 5.73 Å². The Morgan fingerprint density at radius 2 is 1.74 bits per heavy atom. The molecule has 2 aromatic carbocycles. The lowest BCUT2D eigenvalue weighted by molar-refractivity contribution is 1.01. The second-order valence-corrected chi connectivity index (χ2v) is 4.66. The van der Waals surface area contributed by atoms with Crippen LogP contribution in [0.3, 0.4) is 0 Å². The standard InChI is InChI=1S/C15H11ClN2O/c16-12-9-18(10-5-2-1-3-6-10)15(19)14-11(12)7-4-8-13(14)17/h1-9H,17H2. The fourth-order valence-electron chi connectivity index (χ4n) is 2.15. The van der Waals surface area contributed by atoms with Crippen molar-refractivity contribution < 1.29 is 0 Å². The van der Waals surface area contributed by atoms with Crippen molar-refractivity contribution in [1.82, 2.24) is 4.57 Å². The van der Waals surface area contributed by atoms with Crippen molar-refractivity contribution in [3.8, 4) is 5.69 Å². The SMILES string of the molecule is Nc1cccc2c(Cl)cn(-c3ccccc3)c(=O)c12. The summed E-state index contributed by atoms with van der Waals surface area (Å²) >= 11 is 6.24. The summed E-state index contributed by atoms with van der Waals surface area (Å²) in [5.74, 6) is 0. The summed E-state index contributed by atoms with van der Waals surface area (Å²) in [6, 6.07) is 14.6. The number of nitrogen functional groups attached to an aromatic ring is 1. The van der Waals surface area contributed by atoms with Crippen molar-refractivity contribution in [2.75, 3.05) is 5.73 Å². The van der Waals surface area contributed by atoms with Crippen LogP contribution in [-0.4, -0.2) is 4.57 Å². The third-order valence-corrected chi connectivity index (χ3v) is 3.36. The lowest BCUT2D eigenvalue weighted by atomic mass is 10.1. The van der Waals surface area contributed by atoms with Crippen LogP contribution in [0.25, 0.3) is 16.5 Å². The first-order valence-corrected chi connectivity index (χ1v) is 6.21. The average Bonchev–Trinajstić information content (AvgIpc) is 2.43. The van der Waals surface area contributed by atoms with E-state index < -0.39 is 0 Å². The molecule has 0 saturated carbocycles. The highest BCUT2D eigenvalue weighted by Gasteiger charge is 2.10. The molecule has 1 heterocycles. The number of pyridine rings is 1. The molecule has 0 fully saturated rings. The largest absolute Gasteiger partial charge is 0.398 e. The van der Waals surface area contributed by atoms with Crippen molar-refractivity contribution in [3.05, 3.63) is 70.1 Å². The van der Waals surface area contributed by atoms with E-state index in [4.69, 9.17) is 17.3 Å². The zero-order valence-electron chi connectivity index (χ0n) is 10.0. The molecule has 3 nitrogen and oxygen atoms in total. The molecule has 0 bridgehead atoms. The van der Waals surface area contributed by atoms with Gasteiger partial charge in [0.15, 0.2) is 0 Å². The van der Waals surface area contributed by atoms with Crippen molar-refractivity contribution in [3.63, 3.8) is 0 Å². The van der Waals surface area contributed by atoms with E-state index in [0.717, 1.165) is 5.69 Å². The average molecular weight is 271 g/mol. The second kappa shape index (κ2) is 4.44.